The number of anilines is 2. The van der Waals surface area contributed by atoms with Crippen LogP contribution in [0.5, 0.6) is 11.5 Å². The molecule has 1 unspecified atom stereocenters. The van der Waals surface area contributed by atoms with Crippen LogP contribution in [0.4, 0.5) is 11.4 Å². The van der Waals surface area contributed by atoms with Crippen molar-refractivity contribution in [3.63, 3.8) is 0 Å². The molecule has 7 heteroatoms. The lowest BCUT2D eigenvalue weighted by molar-refractivity contribution is -0.120. The lowest BCUT2D eigenvalue weighted by Crippen LogP contribution is -2.24. The van der Waals surface area contributed by atoms with E-state index in [1.165, 1.54) is 18.2 Å². The SMILES string of the molecule is O=C(Nc1ccc(SC(C(=O)Nc2ccc3c(c2)OCCO3)c2ccccc2)cc1)C1CCCCC1. The van der Waals surface area contributed by atoms with E-state index in [0.717, 1.165) is 41.8 Å². The minimum absolute atomic E-state index is 0.107. The minimum Gasteiger partial charge on any atom is -0.486 e. The smallest absolute Gasteiger partial charge is 0.242 e. The monoisotopic (exact) mass is 502 g/mol. The number of benzene rings is 3. The predicted molar refractivity (Wildman–Crippen MR) is 143 cm³/mol. The molecule has 1 heterocycles. The predicted octanol–water partition coefficient (Wildman–Crippen LogP) is 6.45. The van der Waals surface area contributed by atoms with Gasteiger partial charge in [0.2, 0.25) is 11.8 Å². The third-order valence-electron chi connectivity index (χ3n) is 6.50. The van der Waals surface area contributed by atoms with E-state index in [9.17, 15) is 9.59 Å². The van der Waals surface area contributed by atoms with Crippen molar-refractivity contribution in [1.29, 1.82) is 0 Å². The molecule has 0 spiro atoms. The Morgan fingerprint density at radius 1 is 0.778 bits per heavy atom. The van der Waals surface area contributed by atoms with Crippen molar-refractivity contribution in [2.45, 2.75) is 42.2 Å². The van der Waals surface area contributed by atoms with Crippen molar-refractivity contribution < 1.29 is 19.1 Å². The summed E-state index contributed by atoms with van der Waals surface area (Å²) in [6, 6.07) is 22.9. The van der Waals surface area contributed by atoms with Gasteiger partial charge in [-0.05, 0) is 54.8 Å². The number of carbonyl (C=O) groups excluding carboxylic acids is 2. The number of hydrogen-bond donors (Lipinski definition) is 2. The summed E-state index contributed by atoms with van der Waals surface area (Å²) in [5.41, 5.74) is 2.35. The first-order valence-electron chi connectivity index (χ1n) is 12.5. The van der Waals surface area contributed by atoms with Gasteiger partial charge in [-0.1, -0.05) is 49.6 Å². The third-order valence-corrected chi connectivity index (χ3v) is 7.77. The molecular weight excluding hydrogens is 472 g/mol. The molecule has 3 aromatic rings. The maximum Gasteiger partial charge on any atom is 0.242 e. The highest BCUT2D eigenvalue weighted by Gasteiger charge is 2.24. The molecule has 36 heavy (non-hydrogen) atoms. The molecule has 1 fully saturated rings. The number of amides is 2. The van der Waals surface area contributed by atoms with Gasteiger partial charge in [0.25, 0.3) is 0 Å². The highest BCUT2D eigenvalue weighted by Crippen LogP contribution is 2.38. The van der Waals surface area contributed by atoms with Crippen LogP contribution in [0.1, 0.15) is 42.9 Å². The highest BCUT2D eigenvalue weighted by molar-refractivity contribution is 8.00. The van der Waals surface area contributed by atoms with Gasteiger partial charge >= 0.3 is 0 Å². The van der Waals surface area contributed by atoms with E-state index < -0.39 is 5.25 Å². The van der Waals surface area contributed by atoms with E-state index in [4.69, 9.17) is 9.47 Å². The molecule has 1 aliphatic carbocycles. The van der Waals surface area contributed by atoms with Crippen molar-refractivity contribution in [3.05, 3.63) is 78.4 Å². The lowest BCUT2D eigenvalue weighted by Gasteiger charge is -2.21. The summed E-state index contributed by atoms with van der Waals surface area (Å²) in [6.07, 6.45) is 5.42. The van der Waals surface area contributed by atoms with E-state index >= 15 is 0 Å². The highest BCUT2D eigenvalue weighted by atomic mass is 32.2. The van der Waals surface area contributed by atoms with Crippen LogP contribution in [-0.4, -0.2) is 25.0 Å². The van der Waals surface area contributed by atoms with E-state index in [-0.39, 0.29) is 17.7 Å². The van der Waals surface area contributed by atoms with Gasteiger partial charge in [0.1, 0.15) is 18.5 Å². The van der Waals surface area contributed by atoms with Crippen LogP contribution >= 0.6 is 11.8 Å². The number of ether oxygens (including phenoxy) is 2. The maximum atomic E-state index is 13.4. The van der Waals surface area contributed by atoms with Crippen molar-refractivity contribution in [1.82, 2.24) is 0 Å². The van der Waals surface area contributed by atoms with E-state index in [1.54, 1.807) is 6.07 Å². The first-order chi connectivity index (χ1) is 17.7. The zero-order valence-electron chi connectivity index (χ0n) is 20.1. The quantitative estimate of drug-likeness (QED) is 0.363. The fourth-order valence-electron chi connectivity index (χ4n) is 4.59. The molecular formula is C29H30N2O4S. The minimum atomic E-state index is -0.456. The fourth-order valence-corrected chi connectivity index (χ4v) is 5.62. The van der Waals surface area contributed by atoms with Gasteiger partial charge in [0.15, 0.2) is 11.5 Å². The molecule has 0 aromatic heterocycles. The molecule has 0 saturated heterocycles. The summed E-state index contributed by atoms with van der Waals surface area (Å²) in [5.74, 6) is 1.41. The Morgan fingerprint density at radius 2 is 1.47 bits per heavy atom. The van der Waals surface area contributed by atoms with E-state index in [2.05, 4.69) is 10.6 Å². The largest absolute Gasteiger partial charge is 0.486 e. The Labute approximate surface area is 215 Å². The second kappa shape index (κ2) is 11.5. The molecule has 2 N–H and O–H groups in total. The molecule has 0 bridgehead atoms. The zero-order chi connectivity index (χ0) is 24.7. The molecule has 1 aliphatic heterocycles. The Balaban J connectivity index is 1.28. The van der Waals surface area contributed by atoms with Gasteiger partial charge in [0.05, 0.1) is 0 Å². The first-order valence-corrected chi connectivity index (χ1v) is 13.4. The lowest BCUT2D eigenvalue weighted by atomic mass is 9.88. The molecule has 3 aromatic carbocycles. The molecule has 2 amide bonds. The summed E-state index contributed by atoms with van der Waals surface area (Å²) in [5, 5.41) is 5.63. The normalized spacial score (nSPS) is 16.1. The fraction of sp³-hybridized carbons (Fsp3) is 0.310. The van der Waals surface area contributed by atoms with Crippen molar-refractivity contribution in [2.24, 2.45) is 5.92 Å². The molecule has 0 radical (unpaired) electrons. The van der Waals surface area contributed by atoms with Crippen molar-refractivity contribution in [3.8, 4) is 11.5 Å². The van der Waals surface area contributed by atoms with Crippen LogP contribution in [0.2, 0.25) is 0 Å². The molecule has 2 aliphatic rings. The van der Waals surface area contributed by atoms with Crippen LogP contribution in [-0.2, 0) is 9.59 Å². The summed E-state index contributed by atoms with van der Waals surface area (Å²) < 4.78 is 11.2. The van der Waals surface area contributed by atoms with Crippen LogP contribution < -0.4 is 20.1 Å². The average Bonchev–Trinajstić information content (AvgIpc) is 2.93. The van der Waals surface area contributed by atoms with E-state index in [1.807, 2.05) is 66.7 Å². The van der Waals surface area contributed by atoms with Gasteiger partial charge in [-0.15, -0.1) is 11.8 Å². The Kier molecular flexibility index (Phi) is 7.76. The number of carbonyl (C=O) groups is 2. The summed E-state index contributed by atoms with van der Waals surface area (Å²) >= 11 is 1.47. The van der Waals surface area contributed by atoms with Crippen molar-refractivity contribution >= 4 is 35.0 Å². The third kappa shape index (κ3) is 6.02. The standard InChI is InChI=1S/C29H30N2O4S/c32-28(21-9-5-2-6-10-21)30-22-11-14-24(15-12-22)36-27(20-7-3-1-4-8-20)29(33)31-23-13-16-25-26(19-23)35-18-17-34-25/h1,3-4,7-8,11-16,19,21,27H,2,5-6,9-10,17-18H2,(H,30,32)(H,31,33). The number of fused-ring (bicyclic) bond motifs is 1. The van der Waals surface area contributed by atoms with Gasteiger partial charge < -0.3 is 20.1 Å². The van der Waals surface area contributed by atoms with Crippen molar-refractivity contribution in [2.75, 3.05) is 23.8 Å². The second-order valence-electron chi connectivity index (χ2n) is 9.10. The van der Waals surface area contributed by atoms with Gasteiger partial charge in [-0.2, -0.15) is 0 Å². The summed E-state index contributed by atoms with van der Waals surface area (Å²) in [4.78, 5) is 26.9. The molecule has 186 valence electrons. The van der Waals surface area contributed by atoms with E-state index in [0.29, 0.717) is 30.4 Å². The first kappa shape index (κ1) is 24.3. The summed E-state index contributed by atoms with van der Waals surface area (Å²) in [7, 11) is 0. The summed E-state index contributed by atoms with van der Waals surface area (Å²) in [6.45, 7) is 1.01. The molecule has 1 saturated carbocycles. The van der Waals surface area contributed by atoms with Crippen LogP contribution in [0, 0.1) is 5.92 Å². The molecule has 6 nitrogen and oxygen atoms in total. The molecule has 5 rings (SSSR count). The van der Waals surface area contributed by atoms with Crippen LogP contribution in [0.3, 0.4) is 0 Å². The van der Waals surface area contributed by atoms with Gasteiger partial charge in [-0.3, -0.25) is 9.59 Å². The molecule has 1 atom stereocenters. The zero-order valence-corrected chi connectivity index (χ0v) is 20.9. The average molecular weight is 503 g/mol. The number of hydrogen-bond acceptors (Lipinski definition) is 5. The van der Waals surface area contributed by atoms with Gasteiger partial charge in [-0.25, -0.2) is 0 Å². The maximum absolute atomic E-state index is 13.4. The number of nitrogens with one attached hydrogen (secondary N) is 2. The Hall–Kier alpha value is -3.45. The van der Waals surface area contributed by atoms with Crippen LogP contribution in [0.15, 0.2) is 77.7 Å². The topological polar surface area (TPSA) is 76.7 Å². The second-order valence-corrected chi connectivity index (χ2v) is 10.3. The van der Waals surface area contributed by atoms with Crippen LogP contribution in [0.25, 0.3) is 0 Å². The number of rotatable bonds is 7. The number of thioether (sulfide) groups is 1. The van der Waals surface area contributed by atoms with Gasteiger partial charge in [0, 0.05) is 28.3 Å². The Morgan fingerprint density at radius 3 is 2.22 bits per heavy atom. The Bertz CT molecular complexity index is 1190.